The van der Waals surface area contributed by atoms with Gasteiger partial charge >= 0.3 is 11.9 Å². The summed E-state index contributed by atoms with van der Waals surface area (Å²) < 4.78 is 39.2. The predicted octanol–water partition coefficient (Wildman–Crippen LogP) is 6.40. The number of carbonyl (C=O) groups excluding carboxylic acids is 2. The molecule has 1 atom stereocenters. The highest BCUT2D eigenvalue weighted by Gasteiger charge is 2.26. The van der Waals surface area contributed by atoms with Crippen LogP contribution in [0.5, 0.6) is 5.75 Å². The van der Waals surface area contributed by atoms with Crippen molar-refractivity contribution in [3.8, 4) is 16.9 Å². The van der Waals surface area contributed by atoms with Crippen molar-refractivity contribution in [2.75, 3.05) is 33.5 Å². The van der Waals surface area contributed by atoms with E-state index in [2.05, 4.69) is 0 Å². The Bertz CT molecular complexity index is 1040. The summed E-state index contributed by atoms with van der Waals surface area (Å²) in [5.41, 5.74) is 1.15. The largest absolute Gasteiger partial charge is 0.493 e. The lowest BCUT2D eigenvalue weighted by molar-refractivity contribution is -0.157. The molecule has 0 aromatic heterocycles. The molecule has 0 spiro atoms. The highest BCUT2D eigenvalue weighted by Crippen LogP contribution is 2.30. The number of rotatable bonds is 17. The van der Waals surface area contributed by atoms with Gasteiger partial charge in [0.2, 0.25) is 0 Å². The van der Waals surface area contributed by atoms with Gasteiger partial charge < -0.3 is 23.7 Å². The lowest BCUT2D eigenvalue weighted by Crippen LogP contribution is -2.28. The Labute approximate surface area is 240 Å². The highest BCUT2D eigenvalue weighted by atomic mass is 31.1. The van der Waals surface area contributed by atoms with E-state index in [-0.39, 0.29) is 53.8 Å². The second-order valence-electron chi connectivity index (χ2n) is 9.66. The molecule has 0 aliphatic carbocycles. The summed E-state index contributed by atoms with van der Waals surface area (Å²) in [7, 11) is 1.52. The standard InChI is InChI=1S/C29H39O8P.C2H6/c1-21(2)34-18-19-36-27(30)20-22(28(31)37-17-15-29(3,4)33-5)14-16-35-25-12-8-6-10-23(25)24-11-7-9-13-26(24)38-32;1-2/h6-13,21-22H,14-20H2,1-5H3;1-2H3. The maximum Gasteiger partial charge on any atom is 0.309 e. The van der Waals surface area contributed by atoms with Crippen LogP contribution in [-0.2, 0) is 33.1 Å². The average Bonchev–Trinajstić information content (AvgIpc) is 2.96. The monoisotopic (exact) mass is 576 g/mol. The Kier molecular flexibility index (Phi) is 17.0. The molecule has 0 saturated heterocycles. The number of ether oxygens (including phenoxy) is 5. The average molecular weight is 577 g/mol. The topological polar surface area (TPSA) is 97.4 Å². The van der Waals surface area contributed by atoms with Gasteiger partial charge in [0.1, 0.15) is 12.4 Å². The van der Waals surface area contributed by atoms with Crippen molar-refractivity contribution < 1.29 is 37.8 Å². The molecule has 0 heterocycles. The molecule has 2 rings (SSSR count). The third-order valence-electron chi connectivity index (χ3n) is 5.95. The Morgan fingerprint density at radius 1 is 0.875 bits per heavy atom. The lowest BCUT2D eigenvalue weighted by atomic mass is 10.0. The summed E-state index contributed by atoms with van der Waals surface area (Å²) in [6, 6.07) is 14.8. The predicted molar refractivity (Wildman–Crippen MR) is 157 cm³/mol. The molecule has 0 N–H and O–H groups in total. The minimum atomic E-state index is -0.737. The van der Waals surface area contributed by atoms with Gasteiger partial charge in [-0.05, 0) is 46.2 Å². The van der Waals surface area contributed by atoms with Crippen LogP contribution in [0, 0.1) is 5.92 Å². The number of hydrogen-bond donors (Lipinski definition) is 0. The van der Waals surface area contributed by atoms with Gasteiger partial charge in [-0.3, -0.25) is 14.2 Å². The van der Waals surface area contributed by atoms with E-state index in [1.165, 1.54) is 0 Å². The molecule has 8 nitrogen and oxygen atoms in total. The number of benzene rings is 2. The molecule has 2 aromatic carbocycles. The summed E-state index contributed by atoms with van der Waals surface area (Å²) in [4.78, 5) is 25.3. The summed E-state index contributed by atoms with van der Waals surface area (Å²) in [5.74, 6) is -1.13. The Morgan fingerprint density at radius 2 is 1.52 bits per heavy atom. The molecule has 0 fully saturated rings. The van der Waals surface area contributed by atoms with E-state index in [4.69, 9.17) is 23.7 Å². The molecular formula is C31H45O8P. The van der Waals surface area contributed by atoms with Gasteiger partial charge in [-0.1, -0.05) is 50.2 Å². The van der Waals surface area contributed by atoms with Gasteiger partial charge in [0.15, 0.2) is 8.46 Å². The molecule has 2 aromatic rings. The van der Waals surface area contributed by atoms with Crippen LogP contribution in [-0.4, -0.2) is 57.2 Å². The van der Waals surface area contributed by atoms with Gasteiger partial charge in [0.05, 0.1) is 49.2 Å². The molecule has 0 radical (unpaired) electrons. The molecule has 0 saturated carbocycles. The number of esters is 2. The van der Waals surface area contributed by atoms with Crippen LogP contribution in [0.25, 0.3) is 11.1 Å². The Morgan fingerprint density at radius 3 is 2.17 bits per heavy atom. The minimum Gasteiger partial charge on any atom is -0.493 e. The van der Waals surface area contributed by atoms with Crippen molar-refractivity contribution in [3.05, 3.63) is 48.5 Å². The van der Waals surface area contributed by atoms with E-state index in [0.717, 1.165) is 11.1 Å². The Hall–Kier alpha value is -2.80. The van der Waals surface area contributed by atoms with Crippen LogP contribution < -0.4 is 10.0 Å². The first kappa shape index (κ1) is 35.2. The van der Waals surface area contributed by atoms with Gasteiger partial charge in [0, 0.05) is 24.7 Å². The normalized spacial score (nSPS) is 11.9. The Balaban J connectivity index is 0.00000391. The van der Waals surface area contributed by atoms with E-state index in [9.17, 15) is 14.2 Å². The van der Waals surface area contributed by atoms with Crippen molar-refractivity contribution in [3.63, 3.8) is 0 Å². The molecule has 9 heteroatoms. The lowest BCUT2D eigenvalue weighted by Gasteiger charge is -2.23. The van der Waals surface area contributed by atoms with E-state index >= 15 is 0 Å². The van der Waals surface area contributed by atoms with Crippen LogP contribution in [0.2, 0.25) is 0 Å². The van der Waals surface area contributed by atoms with E-state index < -0.39 is 23.5 Å². The van der Waals surface area contributed by atoms with Crippen LogP contribution in [0.3, 0.4) is 0 Å². The molecule has 0 amide bonds. The number of hydrogen-bond acceptors (Lipinski definition) is 8. The summed E-state index contributed by atoms with van der Waals surface area (Å²) in [5, 5.41) is 0.646. The van der Waals surface area contributed by atoms with Gasteiger partial charge in [-0.25, -0.2) is 0 Å². The van der Waals surface area contributed by atoms with Crippen LogP contribution >= 0.6 is 8.46 Å². The van der Waals surface area contributed by atoms with Crippen molar-refractivity contribution in [2.45, 2.75) is 72.5 Å². The third kappa shape index (κ3) is 13.0. The molecule has 0 aliphatic rings. The second kappa shape index (κ2) is 19.3. The molecule has 0 aliphatic heterocycles. The second-order valence-corrected chi connectivity index (χ2v) is 10.3. The fourth-order valence-electron chi connectivity index (χ4n) is 3.53. The highest BCUT2D eigenvalue weighted by molar-refractivity contribution is 7.34. The van der Waals surface area contributed by atoms with Crippen LogP contribution in [0.15, 0.2) is 48.5 Å². The number of methoxy groups -OCH3 is 1. The molecule has 1 unspecified atom stereocenters. The minimum absolute atomic E-state index is 0.0351. The van der Waals surface area contributed by atoms with Crippen molar-refractivity contribution in [1.82, 2.24) is 0 Å². The molecular weight excluding hydrogens is 531 g/mol. The van der Waals surface area contributed by atoms with Crippen LogP contribution in [0.1, 0.15) is 60.8 Å². The molecule has 222 valence electrons. The van der Waals surface area contributed by atoms with Gasteiger partial charge in [0.25, 0.3) is 0 Å². The first-order chi connectivity index (χ1) is 19.2. The first-order valence-electron chi connectivity index (χ1n) is 13.8. The zero-order chi connectivity index (χ0) is 30.0. The molecule has 0 bridgehead atoms. The summed E-state index contributed by atoms with van der Waals surface area (Å²) in [6.07, 6.45) is 0.672. The molecule has 40 heavy (non-hydrogen) atoms. The maximum atomic E-state index is 12.9. The van der Waals surface area contributed by atoms with E-state index in [1.54, 1.807) is 13.2 Å². The fraction of sp³-hybridized carbons (Fsp3) is 0.548. The smallest absolute Gasteiger partial charge is 0.309 e. The summed E-state index contributed by atoms with van der Waals surface area (Å²) in [6.45, 7) is 12.3. The number of carbonyl (C=O) groups is 2. The van der Waals surface area contributed by atoms with Gasteiger partial charge in [-0.2, -0.15) is 0 Å². The van der Waals surface area contributed by atoms with Crippen molar-refractivity contribution >= 4 is 25.7 Å². The first-order valence-corrected chi connectivity index (χ1v) is 14.6. The van der Waals surface area contributed by atoms with Crippen molar-refractivity contribution in [2.24, 2.45) is 5.92 Å². The fourth-order valence-corrected chi connectivity index (χ4v) is 3.97. The van der Waals surface area contributed by atoms with E-state index in [1.807, 2.05) is 84.0 Å². The maximum absolute atomic E-state index is 12.9. The van der Waals surface area contributed by atoms with Crippen molar-refractivity contribution in [1.29, 1.82) is 0 Å². The van der Waals surface area contributed by atoms with Crippen LogP contribution in [0.4, 0.5) is 0 Å². The SMILES string of the molecule is CC.COC(C)(C)CCOC(=O)C(CCOc1ccccc1-c1ccccc1P=O)CC(=O)OCCOC(C)C. The zero-order valence-electron chi connectivity index (χ0n) is 24.9. The number of para-hydroxylation sites is 1. The third-order valence-corrected chi connectivity index (χ3v) is 6.54. The van der Waals surface area contributed by atoms with E-state index in [0.29, 0.717) is 17.5 Å². The van der Waals surface area contributed by atoms with Gasteiger partial charge in [-0.15, -0.1) is 0 Å². The zero-order valence-corrected chi connectivity index (χ0v) is 25.8. The summed E-state index contributed by atoms with van der Waals surface area (Å²) >= 11 is 0. The quantitative estimate of drug-likeness (QED) is 0.121.